The molecule has 6 nitrogen and oxygen atoms in total. The quantitative estimate of drug-likeness (QED) is 0.574. The summed E-state index contributed by atoms with van der Waals surface area (Å²) in [6.07, 6.45) is 0. The van der Waals surface area contributed by atoms with Gasteiger partial charge in [-0.05, 0) is 31.2 Å². The topological polar surface area (TPSA) is 87.7 Å². The predicted octanol–water partition coefficient (Wildman–Crippen LogP) is 1.20. The van der Waals surface area contributed by atoms with Crippen LogP contribution < -0.4 is 10.6 Å². The molecule has 1 rings (SSSR count). The van der Waals surface area contributed by atoms with Crippen molar-refractivity contribution in [2.75, 3.05) is 32.9 Å². The van der Waals surface area contributed by atoms with Crippen LogP contribution in [0.15, 0.2) is 24.3 Å². The number of hydrogen-bond acceptors (Lipinski definition) is 4. The molecule has 2 amide bonds. The summed E-state index contributed by atoms with van der Waals surface area (Å²) in [5.41, 5.74) is 1.01. The van der Waals surface area contributed by atoms with Crippen molar-refractivity contribution in [2.45, 2.75) is 20.8 Å². The number of ether oxygens (including phenoxy) is 1. The van der Waals surface area contributed by atoms with E-state index in [-0.39, 0.29) is 57.7 Å². The van der Waals surface area contributed by atoms with Gasteiger partial charge in [-0.2, -0.15) is 0 Å². The van der Waals surface area contributed by atoms with E-state index in [1.807, 2.05) is 20.8 Å². The minimum atomic E-state index is -0.222. The fourth-order valence-corrected chi connectivity index (χ4v) is 1.54. The Kier molecular flexibility index (Phi) is 17.1. The van der Waals surface area contributed by atoms with Crippen molar-refractivity contribution < 1.29 is 52.1 Å². The first-order chi connectivity index (χ1) is 10.7. The summed E-state index contributed by atoms with van der Waals surface area (Å²) in [5, 5.41) is 13.9. The fraction of sp³-hybridized carbons (Fsp3) is 0.500. The number of rotatable bonds is 8. The SMILES string of the molecule is CC.CCNC(=O)c1ccc(C(=O)NCCOCCO)cc1.[Y]. The average Bonchev–Trinajstić information content (AvgIpc) is 2.56. The molecule has 0 aliphatic carbocycles. The number of aliphatic hydroxyl groups excluding tert-OH is 1. The maximum atomic E-state index is 11.8. The molecule has 1 radical (unpaired) electrons. The maximum absolute atomic E-state index is 11.8. The molecule has 0 heterocycles. The van der Waals surface area contributed by atoms with Crippen molar-refractivity contribution in [1.82, 2.24) is 10.6 Å². The van der Waals surface area contributed by atoms with Crippen molar-refractivity contribution in [3.05, 3.63) is 35.4 Å². The zero-order valence-corrected chi connectivity index (χ0v) is 16.9. The van der Waals surface area contributed by atoms with E-state index in [0.717, 1.165) is 0 Å². The Hall–Kier alpha value is -0.816. The summed E-state index contributed by atoms with van der Waals surface area (Å²) < 4.78 is 5.03. The molecule has 0 saturated heterocycles. The van der Waals surface area contributed by atoms with E-state index >= 15 is 0 Å². The van der Waals surface area contributed by atoms with Crippen LogP contribution >= 0.6 is 0 Å². The Bertz CT molecular complexity index is 438. The molecular weight excluding hydrogens is 373 g/mol. The second-order valence-corrected chi connectivity index (χ2v) is 4.03. The smallest absolute Gasteiger partial charge is 0.251 e. The largest absolute Gasteiger partial charge is 0.394 e. The number of benzene rings is 1. The van der Waals surface area contributed by atoms with Gasteiger partial charge >= 0.3 is 0 Å². The van der Waals surface area contributed by atoms with Gasteiger partial charge in [-0.1, -0.05) is 13.8 Å². The Morgan fingerprint density at radius 2 is 1.48 bits per heavy atom. The van der Waals surface area contributed by atoms with Crippen LogP contribution in [0.2, 0.25) is 0 Å². The second kappa shape index (κ2) is 16.1. The van der Waals surface area contributed by atoms with Gasteiger partial charge < -0.3 is 20.5 Å². The van der Waals surface area contributed by atoms with Crippen LogP contribution in [0, 0.1) is 0 Å². The van der Waals surface area contributed by atoms with Gasteiger partial charge in [-0.25, -0.2) is 0 Å². The van der Waals surface area contributed by atoms with Crippen LogP contribution in [0.25, 0.3) is 0 Å². The van der Waals surface area contributed by atoms with Gasteiger partial charge in [0.25, 0.3) is 11.8 Å². The number of carbonyl (C=O) groups is 2. The standard InChI is InChI=1S/C14H20N2O4.C2H6.Y/c1-2-15-13(18)11-3-5-12(6-4-11)14(19)16-7-9-20-10-8-17;1-2;/h3-6,17H,2,7-10H2,1H3,(H,15,18)(H,16,19);1-2H3;. The third kappa shape index (κ3) is 10.6. The van der Waals surface area contributed by atoms with E-state index in [9.17, 15) is 9.59 Å². The summed E-state index contributed by atoms with van der Waals surface area (Å²) in [4.78, 5) is 23.3. The first-order valence-corrected chi connectivity index (χ1v) is 7.54. The van der Waals surface area contributed by atoms with Crippen LogP contribution in [0.1, 0.15) is 41.5 Å². The Morgan fingerprint density at radius 3 is 1.91 bits per heavy atom. The van der Waals surface area contributed by atoms with Gasteiger partial charge in [-0.3, -0.25) is 9.59 Å². The number of carbonyl (C=O) groups excluding carboxylic acids is 2. The molecule has 127 valence electrons. The maximum Gasteiger partial charge on any atom is 0.251 e. The Morgan fingerprint density at radius 1 is 1.00 bits per heavy atom. The normalized spacial score (nSPS) is 9.04. The Balaban J connectivity index is 0. The summed E-state index contributed by atoms with van der Waals surface area (Å²) >= 11 is 0. The van der Waals surface area contributed by atoms with Crippen molar-refractivity contribution >= 4 is 11.8 Å². The van der Waals surface area contributed by atoms with Crippen LogP contribution in [-0.2, 0) is 37.4 Å². The van der Waals surface area contributed by atoms with E-state index in [1.54, 1.807) is 24.3 Å². The zero-order chi connectivity index (χ0) is 16.8. The van der Waals surface area contributed by atoms with Crippen LogP contribution in [0.3, 0.4) is 0 Å². The number of nitrogens with one attached hydrogen (secondary N) is 2. The first kappa shape index (κ1) is 24.4. The molecule has 0 unspecified atom stereocenters. The number of aliphatic hydroxyl groups is 1. The van der Waals surface area contributed by atoms with Gasteiger partial charge in [0.1, 0.15) is 0 Å². The molecule has 0 saturated carbocycles. The number of amides is 2. The van der Waals surface area contributed by atoms with E-state index in [4.69, 9.17) is 9.84 Å². The van der Waals surface area contributed by atoms with Gasteiger partial charge in [0.05, 0.1) is 19.8 Å². The van der Waals surface area contributed by atoms with Crippen LogP contribution in [-0.4, -0.2) is 49.8 Å². The third-order valence-electron chi connectivity index (χ3n) is 2.51. The molecule has 0 aliphatic rings. The molecule has 3 N–H and O–H groups in total. The van der Waals surface area contributed by atoms with Crippen LogP contribution in [0.5, 0.6) is 0 Å². The summed E-state index contributed by atoms with van der Waals surface area (Å²) in [7, 11) is 0. The summed E-state index contributed by atoms with van der Waals surface area (Å²) in [6.45, 7) is 7.36. The van der Waals surface area contributed by atoms with Gasteiger partial charge in [-0.15, -0.1) is 0 Å². The molecule has 0 aromatic heterocycles. The molecule has 23 heavy (non-hydrogen) atoms. The monoisotopic (exact) mass is 399 g/mol. The molecule has 1 aromatic carbocycles. The second-order valence-electron chi connectivity index (χ2n) is 4.03. The third-order valence-corrected chi connectivity index (χ3v) is 2.51. The van der Waals surface area contributed by atoms with Gasteiger partial charge in [0.2, 0.25) is 0 Å². The van der Waals surface area contributed by atoms with Crippen molar-refractivity contribution in [2.24, 2.45) is 0 Å². The molecule has 0 aliphatic heterocycles. The molecule has 0 spiro atoms. The van der Waals surface area contributed by atoms with E-state index in [2.05, 4.69) is 10.6 Å². The summed E-state index contributed by atoms with van der Waals surface area (Å²) in [6, 6.07) is 6.44. The first-order valence-electron chi connectivity index (χ1n) is 7.54. The Labute approximate surface area is 163 Å². The molecule has 7 heteroatoms. The van der Waals surface area contributed by atoms with E-state index in [1.165, 1.54) is 0 Å². The molecule has 0 bridgehead atoms. The summed E-state index contributed by atoms with van der Waals surface area (Å²) in [5.74, 6) is -0.378. The van der Waals surface area contributed by atoms with Crippen LogP contribution in [0.4, 0.5) is 0 Å². The van der Waals surface area contributed by atoms with E-state index in [0.29, 0.717) is 30.8 Å². The molecule has 1 aromatic rings. The minimum Gasteiger partial charge on any atom is -0.394 e. The molecule has 0 fully saturated rings. The van der Waals surface area contributed by atoms with Crippen molar-refractivity contribution in [1.29, 1.82) is 0 Å². The molecule has 0 atom stereocenters. The van der Waals surface area contributed by atoms with E-state index < -0.39 is 0 Å². The predicted molar refractivity (Wildman–Crippen MR) is 86.0 cm³/mol. The average molecular weight is 399 g/mol. The van der Waals surface area contributed by atoms with Gasteiger partial charge in [0, 0.05) is 56.9 Å². The fourth-order valence-electron chi connectivity index (χ4n) is 1.54. The number of hydrogen-bond donors (Lipinski definition) is 3. The van der Waals surface area contributed by atoms with Crippen molar-refractivity contribution in [3.63, 3.8) is 0 Å². The van der Waals surface area contributed by atoms with Crippen molar-refractivity contribution in [3.8, 4) is 0 Å². The minimum absolute atomic E-state index is 0. The zero-order valence-electron chi connectivity index (χ0n) is 14.1. The molecular formula is C16H26N2O4Y. The van der Waals surface area contributed by atoms with Gasteiger partial charge in [0.15, 0.2) is 0 Å².